The molecule has 0 unspecified atom stereocenters. The van der Waals surface area contributed by atoms with Crippen molar-refractivity contribution >= 4 is 17.0 Å². The third kappa shape index (κ3) is 5.08. The molecule has 27 heavy (non-hydrogen) atoms. The smallest absolute Gasteiger partial charge is 0.201 e. The van der Waals surface area contributed by atoms with Crippen molar-refractivity contribution in [2.75, 3.05) is 6.61 Å². The summed E-state index contributed by atoms with van der Waals surface area (Å²) in [6, 6.07) is 12.8. The topological polar surface area (TPSA) is 70.7 Å². The van der Waals surface area contributed by atoms with E-state index in [0.29, 0.717) is 22.1 Å². The highest BCUT2D eigenvalue weighted by molar-refractivity contribution is 5.90. The largest absolute Gasteiger partial charge is 0.510 e. The molecular weight excluding hydrogens is 340 g/mol. The number of hydrogen-bond acceptors (Lipinski definition) is 4. The van der Waals surface area contributed by atoms with Crippen LogP contribution in [0.4, 0.5) is 0 Å². The van der Waals surface area contributed by atoms with Gasteiger partial charge in [-0.3, -0.25) is 4.79 Å². The summed E-state index contributed by atoms with van der Waals surface area (Å²) in [6.07, 6.45) is 2.86. The van der Waals surface area contributed by atoms with Gasteiger partial charge in [0, 0.05) is 0 Å². The quantitative estimate of drug-likeness (QED) is 0.581. The highest BCUT2D eigenvalue weighted by Gasteiger charge is 2.13. The summed E-state index contributed by atoms with van der Waals surface area (Å²) in [6.45, 7) is 9.35. The van der Waals surface area contributed by atoms with E-state index in [9.17, 15) is 9.90 Å². The lowest BCUT2D eigenvalue weighted by Gasteiger charge is -2.08. The lowest BCUT2D eigenvalue weighted by Crippen LogP contribution is -2.07. The van der Waals surface area contributed by atoms with Crippen molar-refractivity contribution in [2.45, 2.75) is 34.6 Å². The van der Waals surface area contributed by atoms with Crippen LogP contribution in [0.5, 0.6) is 0 Å². The first kappa shape index (κ1) is 22.2. The van der Waals surface area contributed by atoms with Gasteiger partial charge in [0.05, 0.1) is 10.9 Å². The average Bonchev–Trinajstić information content (AvgIpc) is 2.73. The second kappa shape index (κ2) is 11.0. The van der Waals surface area contributed by atoms with Crippen LogP contribution in [0.15, 0.2) is 63.7 Å². The Morgan fingerprint density at radius 3 is 2.26 bits per heavy atom. The van der Waals surface area contributed by atoms with Gasteiger partial charge in [0.2, 0.25) is 5.43 Å². The summed E-state index contributed by atoms with van der Waals surface area (Å²) >= 11 is 0. The lowest BCUT2D eigenvalue weighted by molar-refractivity contribution is 0.256. The van der Waals surface area contributed by atoms with Crippen LogP contribution in [-0.2, 0) is 0 Å². The van der Waals surface area contributed by atoms with E-state index in [2.05, 4.69) is 0 Å². The Morgan fingerprint density at radius 1 is 1.04 bits per heavy atom. The van der Waals surface area contributed by atoms with Crippen molar-refractivity contribution in [2.24, 2.45) is 0 Å². The molecule has 0 fully saturated rings. The Labute approximate surface area is 160 Å². The monoisotopic (exact) mass is 368 g/mol. The molecule has 0 radical (unpaired) electrons. The first-order chi connectivity index (χ1) is 13.1. The Balaban J connectivity index is 0.000000855. The summed E-state index contributed by atoms with van der Waals surface area (Å²) in [5, 5.41) is 19.1. The Hall–Kier alpha value is -2.85. The molecule has 3 aromatic rings. The fourth-order valence-corrected chi connectivity index (χ4v) is 2.56. The minimum atomic E-state index is -0.487. The molecule has 0 bridgehead atoms. The lowest BCUT2D eigenvalue weighted by atomic mass is 9.99. The van der Waals surface area contributed by atoms with Gasteiger partial charge in [-0.05, 0) is 35.8 Å². The number of aliphatic hydroxyl groups is 2. The van der Waals surface area contributed by atoms with Crippen LogP contribution in [0.2, 0.25) is 0 Å². The molecule has 0 atom stereocenters. The average molecular weight is 368 g/mol. The number of benzene rings is 2. The molecule has 0 aliphatic heterocycles. The number of aryl methyl sites for hydroxylation is 1. The summed E-state index contributed by atoms with van der Waals surface area (Å²) in [4.78, 5) is 12.9. The standard InChI is InChI=1S/C19H16O4.2C2H6/c1-12-7-8-17-18(15(12)9-14(21)10-20)19(22)16(11-23-17)13-5-3-2-4-6-13;2*1-2/h2-9,11,20-21H,10H2,1H3;2*1-2H3/b14-9+;;. The minimum absolute atomic E-state index is 0.168. The van der Waals surface area contributed by atoms with Gasteiger partial charge in [-0.25, -0.2) is 0 Å². The van der Waals surface area contributed by atoms with Gasteiger partial charge in [0.25, 0.3) is 0 Å². The molecule has 2 N–H and O–H groups in total. The van der Waals surface area contributed by atoms with E-state index < -0.39 is 6.61 Å². The van der Waals surface area contributed by atoms with Gasteiger partial charge in [-0.1, -0.05) is 64.1 Å². The summed E-state index contributed by atoms with van der Waals surface area (Å²) in [7, 11) is 0. The molecule has 1 aromatic heterocycles. The molecule has 0 aliphatic rings. The van der Waals surface area contributed by atoms with Crippen molar-refractivity contribution in [3.05, 3.63) is 75.8 Å². The number of aliphatic hydroxyl groups excluding tert-OH is 2. The first-order valence-electron chi connectivity index (χ1n) is 9.22. The van der Waals surface area contributed by atoms with Crippen molar-refractivity contribution in [3.8, 4) is 11.1 Å². The number of fused-ring (bicyclic) bond motifs is 1. The van der Waals surface area contributed by atoms with Gasteiger partial charge in [0.1, 0.15) is 24.2 Å². The molecule has 0 saturated heterocycles. The molecule has 0 aliphatic carbocycles. The zero-order chi connectivity index (χ0) is 20.4. The third-order valence-corrected chi connectivity index (χ3v) is 3.76. The van der Waals surface area contributed by atoms with E-state index in [0.717, 1.165) is 11.1 Å². The molecule has 4 nitrogen and oxygen atoms in total. The van der Waals surface area contributed by atoms with E-state index in [1.165, 1.54) is 12.3 Å². The van der Waals surface area contributed by atoms with Gasteiger partial charge >= 0.3 is 0 Å². The van der Waals surface area contributed by atoms with Crippen LogP contribution in [-0.4, -0.2) is 16.8 Å². The fraction of sp³-hybridized carbons (Fsp3) is 0.261. The predicted molar refractivity (Wildman–Crippen MR) is 113 cm³/mol. The van der Waals surface area contributed by atoms with Crippen molar-refractivity contribution < 1.29 is 14.6 Å². The Bertz CT molecular complexity index is 938. The fourth-order valence-electron chi connectivity index (χ4n) is 2.56. The summed E-state index contributed by atoms with van der Waals surface area (Å²) in [5.74, 6) is -0.204. The number of hydrogen-bond donors (Lipinski definition) is 2. The number of rotatable bonds is 3. The van der Waals surface area contributed by atoms with Gasteiger partial charge in [-0.2, -0.15) is 0 Å². The maximum Gasteiger partial charge on any atom is 0.201 e. The molecule has 3 rings (SSSR count). The van der Waals surface area contributed by atoms with Crippen LogP contribution < -0.4 is 5.43 Å². The normalized spacial score (nSPS) is 10.5. The molecule has 0 amide bonds. The molecule has 1 heterocycles. The van der Waals surface area contributed by atoms with Crippen LogP contribution in [0.1, 0.15) is 38.8 Å². The summed E-state index contributed by atoms with van der Waals surface area (Å²) in [5.41, 5.74) is 2.87. The van der Waals surface area contributed by atoms with Gasteiger partial charge in [0.15, 0.2) is 0 Å². The van der Waals surface area contributed by atoms with Crippen LogP contribution in [0, 0.1) is 6.92 Å². The van der Waals surface area contributed by atoms with Crippen LogP contribution in [0.3, 0.4) is 0 Å². The van der Waals surface area contributed by atoms with Crippen LogP contribution in [0.25, 0.3) is 28.2 Å². The summed E-state index contributed by atoms with van der Waals surface area (Å²) < 4.78 is 5.62. The molecule has 144 valence electrons. The molecular formula is C23H28O4. The zero-order valence-electron chi connectivity index (χ0n) is 16.6. The predicted octanol–water partition coefficient (Wildman–Crippen LogP) is 5.71. The first-order valence-corrected chi connectivity index (χ1v) is 9.22. The second-order valence-electron chi connectivity index (χ2n) is 5.31. The molecule has 4 heteroatoms. The maximum absolute atomic E-state index is 12.9. The van der Waals surface area contributed by atoms with Crippen molar-refractivity contribution in [1.29, 1.82) is 0 Å². The van der Waals surface area contributed by atoms with Gasteiger partial charge < -0.3 is 14.6 Å². The highest BCUT2D eigenvalue weighted by Crippen LogP contribution is 2.25. The van der Waals surface area contributed by atoms with E-state index in [1.807, 2.05) is 71.0 Å². The van der Waals surface area contributed by atoms with E-state index in [4.69, 9.17) is 9.52 Å². The van der Waals surface area contributed by atoms with Crippen molar-refractivity contribution in [3.63, 3.8) is 0 Å². The highest BCUT2D eigenvalue weighted by atomic mass is 16.3. The van der Waals surface area contributed by atoms with E-state index in [-0.39, 0.29) is 11.2 Å². The van der Waals surface area contributed by atoms with Gasteiger partial charge in [-0.15, -0.1) is 0 Å². The SMILES string of the molecule is CC.CC.Cc1ccc2occ(-c3ccccc3)c(=O)c2c1/C=C(/O)CO. The van der Waals surface area contributed by atoms with Crippen LogP contribution >= 0.6 is 0 Å². The van der Waals surface area contributed by atoms with E-state index in [1.54, 1.807) is 6.07 Å². The second-order valence-corrected chi connectivity index (χ2v) is 5.31. The zero-order valence-corrected chi connectivity index (χ0v) is 16.6. The Kier molecular flexibility index (Phi) is 9.03. The van der Waals surface area contributed by atoms with E-state index >= 15 is 0 Å². The maximum atomic E-state index is 12.9. The Morgan fingerprint density at radius 2 is 1.67 bits per heavy atom. The van der Waals surface area contributed by atoms with Crippen molar-refractivity contribution in [1.82, 2.24) is 0 Å². The third-order valence-electron chi connectivity index (χ3n) is 3.76. The minimum Gasteiger partial charge on any atom is -0.510 e. The molecule has 2 aromatic carbocycles. The molecule has 0 spiro atoms. The molecule has 0 saturated carbocycles.